The Hall–Kier alpha value is -3.30. The second-order valence-corrected chi connectivity index (χ2v) is 8.53. The molecule has 1 fully saturated rings. The highest BCUT2D eigenvalue weighted by molar-refractivity contribution is 5.93. The standard InChI is InChI=1S/C23H20F4N4O2/c1-11(21(32)31-13-9-29-22(30-10-13)23(25,26)27)20-15-7-14(8-16(15)20)33-19-4-5-28-18-3-2-12(24)6-17(18)19/h2,4-7,9-11,14,16,18,20H,3,8H2,1H3,(H,31,32)/t11?,14-,16+,18?,20+/m0/s1. The first kappa shape index (κ1) is 21.5. The summed E-state index contributed by atoms with van der Waals surface area (Å²) in [6.45, 7) is 1.78. The number of ether oxygens (including phenoxy) is 1. The van der Waals surface area contributed by atoms with Gasteiger partial charge in [0.1, 0.15) is 17.7 Å². The van der Waals surface area contributed by atoms with Crippen molar-refractivity contribution in [1.82, 2.24) is 9.97 Å². The van der Waals surface area contributed by atoms with E-state index in [1.165, 1.54) is 12.2 Å². The first-order valence-corrected chi connectivity index (χ1v) is 10.6. The normalized spacial score (nSPS) is 28.5. The third kappa shape index (κ3) is 4.21. The predicted octanol–water partition coefficient (Wildman–Crippen LogP) is 4.55. The number of aromatic nitrogens is 2. The Bertz CT molecular complexity index is 1130. The first-order chi connectivity index (χ1) is 15.7. The van der Waals surface area contributed by atoms with Crippen LogP contribution < -0.4 is 5.32 Å². The number of aliphatic imine (C=N–C) groups is 1. The van der Waals surface area contributed by atoms with Crippen molar-refractivity contribution in [3.05, 3.63) is 65.3 Å². The highest BCUT2D eigenvalue weighted by Crippen LogP contribution is 2.58. The highest BCUT2D eigenvalue weighted by atomic mass is 19.4. The van der Waals surface area contributed by atoms with Gasteiger partial charge in [0.25, 0.3) is 0 Å². The number of allylic oxidation sites excluding steroid dienone is 4. The number of alkyl halides is 3. The first-order valence-electron chi connectivity index (χ1n) is 10.6. The van der Waals surface area contributed by atoms with Gasteiger partial charge >= 0.3 is 6.18 Å². The van der Waals surface area contributed by atoms with Crippen LogP contribution in [-0.4, -0.2) is 34.2 Å². The second-order valence-electron chi connectivity index (χ2n) is 8.53. The smallest absolute Gasteiger partial charge is 0.451 e. The zero-order valence-corrected chi connectivity index (χ0v) is 17.5. The molecule has 172 valence electrons. The van der Waals surface area contributed by atoms with E-state index in [2.05, 4.69) is 20.3 Å². The molecule has 5 rings (SSSR count). The molecule has 0 radical (unpaired) electrons. The van der Waals surface area contributed by atoms with Gasteiger partial charge in [-0.1, -0.05) is 12.5 Å². The molecule has 0 bridgehead atoms. The molecule has 0 spiro atoms. The maximum atomic E-state index is 13.7. The molecule has 3 aliphatic carbocycles. The second kappa shape index (κ2) is 7.93. The Balaban J connectivity index is 1.18. The molecule has 10 heteroatoms. The quantitative estimate of drug-likeness (QED) is 0.517. The average Bonchev–Trinajstić information content (AvgIpc) is 3.27. The lowest BCUT2D eigenvalue weighted by Crippen LogP contribution is -2.25. The zero-order chi connectivity index (χ0) is 23.3. The Morgan fingerprint density at radius 3 is 2.70 bits per heavy atom. The van der Waals surface area contributed by atoms with Crippen LogP contribution >= 0.6 is 0 Å². The number of rotatable bonds is 5. The van der Waals surface area contributed by atoms with Gasteiger partial charge in [0, 0.05) is 17.7 Å². The third-order valence-electron chi connectivity index (χ3n) is 6.37. The molecule has 1 amide bonds. The van der Waals surface area contributed by atoms with E-state index < -0.39 is 12.0 Å². The fourth-order valence-electron chi connectivity index (χ4n) is 4.70. The summed E-state index contributed by atoms with van der Waals surface area (Å²) >= 11 is 0. The number of carbonyl (C=O) groups excluding carboxylic acids is 1. The summed E-state index contributed by atoms with van der Waals surface area (Å²) in [6, 6.07) is -0.126. The van der Waals surface area contributed by atoms with Crippen LogP contribution in [0, 0.1) is 17.8 Å². The molecule has 0 aromatic carbocycles. The van der Waals surface area contributed by atoms with Gasteiger partial charge < -0.3 is 10.1 Å². The number of hydrogen-bond donors (Lipinski definition) is 1. The maximum absolute atomic E-state index is 13.7. The summed E-state index contributed by atoms with van der Waals surface area (Å²) in [7, 11) is 0. The SMILES string of the molecule is CC(C(=O)Nc1cnc(C(F)(F)F)nc1)[C@@H]1C2=C[C@H](OC3=CC=NC4CC=C(F)C=C34)C[C@H]21. The van der Waals surface area contributed by atoms with E-state index in [-0.39, 0.29) is 47.3 Å². The predicted molar refractivity (Wildman–Crippen MR) is 112 cm³/mol. The summed E-state index contributed by atoms with van der Waals surface area (Å²) in [5.74, 6) is -1.33. The van der Waals surface area contributed by atoms with Gasteiger partial charge in [0.15, 0.2) is 0 Å². The molecular formula is C23H20F4N4O2. The van der Waals surface area contributed by atoms with E-state index in [1.54, 1.807) is 19.2 Å². The van der Waals surface area contributed by atoms with E-state index in [1.807, 2.05) is 6.08 Å². The molecule has 4 aliphatic rings. The number of nitrogens with zero attached hydrogens (tertiary/aromatic N) is 3. The molecule has 1 aromatic heterocycles. The lowest BCUT2D eigenvalue weighted by atomic mass is 9.95. The van der Waals surface area contributed by atoms with Gasteiger partial charge in [-0.15, -0.1) is 0 Å². The van der Waals surface area contributed by atoms with Gasteiger partial charge in [-0.2, -0.15) is 13.2 Å². The Morgan fingerprint density at radius 2 is 2.03 bits per heavy atom. The number of nitrogens with one attached hydrogen (secondary N) is 1. The van der Waals surface area contributed by atoms with Crippen molar-refractivity contribution in [2.24, 2.45) is 22.7 Å². The minimum atomic E-state index is -4.63. The van der Waals surface area contributed by atoms with E-state index in [0.29, 0.717) is 18.6 Å². The minimum Gasteiger partial charge on any atom is -0.486 e. The molecule has 1 aliphatic heterocycles. The van der Waals surface area contributed by atoms with Crippen LogP contribution in [0.1, 0.15) is 25.6 Å². The molecule has 33 heavy (non-hydrogen) atoms. The lowest BCUT2D eigenvalue weighted by molar-refractivity contribution is -0.144. The maximum Gasteiger partial charge on any atom is 0.451 e. The molecule has 1 aromatic rings. The molecule has 1 N–H and O–H groups in total. The van der Waals surface area contributed by atoms with E-state index in [4.69, 9.17) is 4.74 Å². The van der Waals surface area contributed by atoms with Crippen molar-refractivity contribution >= 4 is 17.8 Å². The highest BCUT2D eigenvalue weighted by Gasteiger charge is 2.54. The van der Waals surface area contributed by atoms with Crippen molar-refractivity contribution in [3.63, 3.8) is 0 Å². The van der Waals surface area contributed by atoms with Gasteiger partial charge in [-0.25, -0.2) is 14.4 Å². The van der Waals surface area contributed by atoms with Crippen molar-refractivity contribution in [3.8, 4) is 0 Å². The van der Waals surface area contributed by atoms with Crippen molar-refractivity contribution < 1.29 is 27.1 Å². The van der Waals surface area contributed by atoms with E-state index >= 15 is 0 Å². The van der Waals surface area contributed by atoms with Crippen molar-refractivity contribution in [2.75, 3.05) is 5.32 Å². The molecule has 6 nitrogen and oxygen atoms in total. The van der Waals surface area contributed by atoms with Crippen LogP contribution in [0.3, 0.4) is 0 Å². The molecule has 5 atom stereocenters. The summed E-state index contributed by atoms with van der Waals surface area (Å²) in [5, 5.41) is 2.58. The summed E-state index contributed by atoms with van der Waals surface area (Å²) in [4.78, 5) is 23.4. The number of fused-ring (bicyclic) bond motifs is 2. The largest absolute Gasteiger partial charge is 0.486 e. The lowest BCUT2D eigenvalue weighted by Gasteiger charge is -2.26. The Morgan fingerprint density at radius 1 is 1.27 bits per heavy atom. The van der Waals surface area contributed by atoms with Crippen LogP contribution in [0.25, 0.3) is 0 Å². The molecule has 2 unspecified atom stereocenters. The molecule has 2 heterocycles. The summed E-state index contributed by atoms with van der Waals surface area (Å²) in [5.41, 5.74) is 1.99. The minimum absolute atomic E-state index is 0.0594. The van der Waals surface area contributed by atoms with Crippen LogP contribution in [0.5, 0.6) is 0 Å². The fourth-order valence-corrected chi connectivity index (χ4v) is 4.70. The molecule has 1 saturated carbocycles. The van der Waals surface area contributed by atoms with E-state index in [0.717, 1.165) is 23.5 Å². The Kier molecular flexibility index (Phi) is 5.18. The van der Waals surface area contributed by atoms with Gasteiger partial charge in [-0.05, 0) is 49.0 Å². The van der Waals surface area contributed by atoms with Crippen LogP contribution in [0.2, 0.25) is 0 Å². The van der Waals surface area contributed by atoms with Gasteiger partial charge in [0.2, 0.25) is 11.7 Å². The molecule has 0 saturated heterocycles. The number of carbonyl (C=O) groups is 1. The topological polar surface area (TPSA) is 76.5 Å². The number of halogens is 4. The number of amides is 1. The van der Waals surface area contributed by atoms with Crippen molar-refractivity contribution in [1.29, 1.82) is 0 Å². The van der Waals surface area contributed by atoms with Crippen LogP contribution in [0.4, 0.5) is 23.2 Å². The van der Waals surface area contributed by atoms with Crippen molar-refractivity contribution in [2.45, 2.75) is 38.1 Å². The van der Waals surface area contributed by atoms with Gasteiger partial charge in [-0.3, -0.25) is 9.79 Å². The number of dihydropyridines is 1. The van der Waals surface area contributed by atoms with Crippen LogP contribution in [0.15, 0.2) is 64.4 Å². The number of hydrogen-bond acceptors (Lipinski definition) is 5. The number of anilines is 1. The van der Waals surface area contributed by atoms with Crippen LogP contribution in [-0.2, 0) is 15.7 Å². The van der Waals surface area contributed by atoms with Gasteiger partial charge in [0.05, 0.1) is 24.1 Å². The van der Waals surface area contributed by atoms with E-state index in [9.17, 15) is 22.4 Å². The zero-order valence-electron chi connectivity index (χ0n) is 17.5. The monoisotopic (exact) mass is 460 g/mol. The third-order valence-corrected chi connectivity index (χ3v) is 6.37. The summed E-state index contributed by atoms with van der Waals surface area (Å²) < 4.78 is 57.5. The average molecular weight is 460 g/mol. The fraction of sp³-hybridized carbons (Fsp3) is 0.391. The Labute approximate surface area is 186 Å². The molecular weight excluding hydrogens is 440 g/mol. The summed E-state index contributed by atoms with van der Waals surface area (Å²) in [6.07, 6.45) is 6.72.